The van der Waals surface area contributed by atoms with Crippen molar-refractivity contribution in [2.24, 2.45) is 40.9 Å². The molecule has 3 saturated carbocycles. The molecule has 7 atom stereocenters. The Morgan fingerprint density at radius 3 is 2.80 bits per heavy atom. The number of hydrogen-bond donors (Lipinski definition) is 0. The van der Waals surface area contributed by atoms with Gasteiger partial charge >= 0.3 is 5.97 Å². The first-order valence-corrected chi connectivity index (χ1v) is 12.7. The first-order valence-electron chi connectivity index (χ1n) is 12.7. The summed E-state index contributed by atoms with van der Waals surface area (Å²) < 4.78 is 5.22. The molecule has 4 aliphatic carbocycles. The van der Waals surface area contributed by atoms with E-state index in [0.29, 0.717) is 11.3 Å². The molecule has 0 spiro atoms. The summed E-state index contributed by atoms with van der Waals surface area (Å²) >= 11 is 0. The fraction of sp³-hybridized carbons (Fsp3) is 0.750. The van der Waals surface area contributed by atoms with Crippen LogP contribution < -0.4 is 0 Å². The van der Waals surface area contributed by atoms with Gasteiger partial charge in [0.15, 0.2) is 0 Å². The zero-order valence-corrected chi connectivity index (χ0v) is 19.1. The van der Waals surface area contributed by atoms with E-state index in [0.717, 1.165) is 42.4 Å². The third kappa shape index (κ3) is 4.42. The van der Waals surface area contributed by atoms with Crippen molar-refractivity contribution in [3.8, 4) is 12.0 Å². The molecule has 0 saturated heterocycles. The van der Waals surface area contributed by atoms with Gasteiger partial charge in [0.2, 0.25) is 0 Å². The van der Waals surface area contributed by atoms with E-state index in [-0.39, 0.29) is 5.97 Å². The molecule has 0 amide bonds. The number of esters is 1. The molecule has 0 aromatic rings. The Balaban J connectivity index is 1.34. The van der Waals surface area contributed by atoms with Crippen LogP contribution in [0.3, 0.4) is 0 Å². The van der Waals surface area contributed by atoms with Crippen molar-refractivity contribution >= 4 is 5.97 Å². The largest absolute Gasteiger partial charge is 0.369 e. The highest BCUT2D eigenvalue weighted by Crippen LogP contribution is 2.63. The van der Waals surface area contributed by atoms with E-state index >= 15 is 0 Å². The van der Waals surface area contributed by atoms with E-state index in [1.54, 1.807) is 6.08 Å². The number of fused-ring (bicyclic) bond motifs is 5. The lowest BCUT2D eigenvalue weighted by Gasteiger charge is -2.54. The number of unbranched alkanes of at least 4 members (excludes halogenated alkanes) is 3. The van der Waals surface area contributed by atoms with Gasteiger partial charge in [-0.3, -0.25) is 0 Å². The fourth-order valence-electron chi connectivity index (χ4n) is 7.53. The average molecular weight is 409 g/mol. The third-order valence-corrected chi connectivity index (χ3v) is 9.15. The van der Waals surface area contributed by atoms with E-state index in [1.807, 2.05) is 6.08 Å². The minimum Gasteiger partial charge on any atom is -0.369 e. The minimum atomic E-state index is -0.314. The molecule has 2 nitrogen and oxygen atoms in total. The van der Waals surface area contributed by atoms with E-state index < -0.39 is 0 Å². The van der Waals surface area contributed by atoms with Crippen LogP contribution in [0.25, 0.3) is 0 Å². The van der Waals surface area contributed by atoms with Gasteiger partial charge in [0, 0.05) is 12.0 Å². The first-order chi connectivity index (χ1) is 14.6. The van der Waals surface area contributed by atoms with Gasteiger partial charge in [0.1, 0.15) is 6.11 Å². The molecule has 4 aliphatic rings. The molecule has 0 aliphatic heterocycles. The summed E-state index contributed by atoms with van der Waals surface area (Å²) in [4.78, 5) is 11.9. The van der Waals surface area contributed by atoms with Gasteiger partial charge in [0.05, 0.1) is 0 Å². The number of rotatable bonds is 5. The maximum Gasteiger partial charge on any atom is 0.344 e. The van der Waals surface area contributed by atoms with Crippen molar-refractivity contribution < 1.29 is 9.53 Å². The highest BCUT2D eigenvalue weighted by Gasteiger charge is 2.56. The van der Waals surface area contributed by atoms with Crippen LogP contribution in [-0.4, -0.2) is 5.97 Å². The van der Waals surface area contributed by atoms with Gasteiger partial charge in [-0.05, 0) is 99.2 Å². The summed E-state index contributed by atoms with van der Waals surface area (Å²) in [6.45, 7) is 4.68. The van der Waals surface area contributed by atoms with Crippen molar-refractivity contribution in [2.75, 3.05) is 0 Å². The number of carbonyl (C=O) groups excluding carboxylic acids is 1. The molecule has 30 heavy (non-hydrogen) atoms. The van der Waals surface area contributed by atoms with Crippen LogP contribution in [0.2, 0.25) is 0 Å². The van der Waals surface area contributed by atoms with Gasteiger partial charge < -0.3 is 4.74 Å². The van der Waals surface area contributed by atoms with E-state index in [1.165, 1.54) is 64.2 Å². The predicted octanol–water partition coefficient (Wildman–Crippen LogP) is 7.06. The molecular weight excluding hydrogens is 368 g/mol. The van der Waals surface area contributed by atoms with Crippen LogP contribution in [0, 0.1) is 52.9 Å². The van der Waals surface area contributed by atoms with Crippen LogP contribution in [0.4, 0.5) is 0 Å². The SMILES string of the molecule is CCCCCC=CC(=O)OC#C[C@@H]1CC[C@H]2[C@@H]3CCC4CC=CC[C@@H]4[C@H]3CC[C@]12C. The molecule has 3 fully saturated rings. The van der Waals surface area contributed by atoms with E-state index in [2.05, 4.69) is 38.0 Å². The highest BCUT2D eigenvalue weighted by atomic mass is 16.5. The quantitative estimate of drug-likeness (QED) is 0.160. The molecule has 0 aromatic heterocycles. The Labute approximate surface area is 183 Å². The van der Waals surface area contributed by atoms with Crippen molar-refractivity contribution in [2.45, 2.75) is 90.9 Å². The minimum absolute atomic E-state index is 0.313. The second kappa shape index (κ2) is 9.76. The number of hydrogen-bond acceptors (Lipinski definition) is 2. The summed E-state index contributed by atoms with van der Waals surface area (Å²) in [6, 6.07) is 0. The Hall–Kier alpha value is -1.49. The van der Waals surface area contributed by atoms with Crippen molar-refractivity contribution in [1.29, 1.82) is 0 Å². The fourth-order valence-corrected chi connectivity index (χ4v) is 7.53. The monoisotopic (exact) mass is 408 g/mol. The molecule has 2 heteroatoms. The second-order valence-electron chi connectivity index (χ2n) is 10.6. The molecule has 0 N–H and O–H groups in total. The van der Waals surface area contributed by atoms with Gasteiger partial charge in [-0.1, -0.05) is 50.8 Å². The summed E-state index contributed by atoms with van der Waals surface area (Å²) in [5.74, 6) is 7.99. The van der Waals surface area contributed by atoms with Gasteiger partial charge in [-0.25, -0.2) is 4.79 Å². The highest BCUT2D eigenvalue weighted by molar-refractivity contribution is 5.82. The number of ether oxygens (including phenoxy) is 1. The van der Waals surface area contributed by atoms with Crippen LogP contribution >= 0.6 is 0 Å². The summed E-state index contributed by atoms with van der Waals surface area (Å²) in [5.41, 5.74) is 0.313. The lowest BCUT2D eigenvalue weighted by atomic mass is 9.50. The molecule has 164 valence electrons. The number of carbonyl (C=O) groups is 1. The van der Waals surface area contributed by atoms with Crippen molar-refractivity contribution in [1.82, 2.24) is 0 Å². The molecule has 0 radical (unpaired) electrons. The Morgan fingerprint density at radius 1 is 1.07 bits per heavy atom. The first kappa shape index (κ1) is 21.7. The molecular formula is C28H40O2. The maximum atomic E-state index is 11.9. The number of allylic oxidation sites excluding steroid dienone is 3. The summed E-state index contributed by atoms with van der Waals surface area (Å²) in [6.07, 6.45) is 26.3. The standard InChI is InChI=1S/C28H40O2/c1-3-4-5-6-7-12-27(29)30-20-18-22-14-16-26-25-15-13-21-10-8-9-11-23(21)24(25)17-19-28(22,26)2/h7-9,12,21-26H,3-6,10-11,13-17,19H2,1-2H3/t21?,22-,23-,24+,25+,26-,28+/m0/s1. The maximum absolute atomic E-state index is 11.9. The normalized spacial score (nSPS) is 39.5. The van der Waals surface area contributed by atoms with Crippen LogP contribution in [0.5, 0.6) is 0 Å². The third-order valence-electron chi connectivity index (χ3n) is 9.15. The van der Waals surface area contributed by atoms with Gasteiger partial charge in [0.25, 0.3) is 0 Å². The zero-order chi connectivity index (χ0) is 21.0. The lowest BCUT2D eigenvalue weighted by molar-refractivity contribution is -0.131. The molecule has 0 bridgehead atoms. The van der Waals surface area contributed by atoms with E-state index in [4.69, 9.17) is 4.74 Å². The Bertz CT molecular complexity index is 723. The second-order valence-corrected chi connectivity index (χ2v) is 10.6. The molecule has 0 heterocycles. The van der Waals surface area contributed by atoms with Crippen molar-refractivity contribution in [3.63, 3.8) is 0 Å². The van der Waals surface area contributed by atoms with Gasteiger partial charge in [-0.2, -0.15) is 0 Å². The molecule has 4 rings (SSSR count). The van der Waals surface area contributed by atoms with Crippen LogP contribution in [-0.2, 0) is 9.53 Å². The molecule has 1 unspecified atom stereocenters. The molecule has 0 aromatic carbocycles. The van der Waals surface area contributed by atoms with Gasteiger partial charge in [-0.15, -0.1) is 0 Å². The Kier molecular flexibility index (Phi) is 7.07. The predicted molar refractivity (Wildman–Crippen MR) is 122 cm³/mol. The lowest BCUT2D eigenvalue weighted by Crippen LogP contribution is -2.47. The topological polar surface area (TPSA) is 26.3 Å². The average Bonchev–Trinajstić information content (AvgIpc) is 3.10. The summed E-state index contributed by atoms with van der Waals surface area (Å²) in [7, 11) is 0. The van der Waals surface area contributed by atoms with Crippen LogP contribution in [0.15, 0.2) is 24.3 Å². The summed E-state index contributed by atoms with van der Waals surface area (Å²) in [5, 5.41) is 0. The van der Waals surface area contributed by atoms with Crippen molar-refractivity contribution in [3.05, 3.63) is 24.3 Å². The van der Waals surface area contributed by atoms with E-state index in [9.17, 15) is 4.79 Å². The van der Waals surface area contributed by atoms with Crippen LogP contribution in [0.1, 0.15) is 90.9 Å². The zero-order valence-electron chi connectivity index (χ0n) is 19.1. The smallest absolute Gasteiger partial charge is 0.344 e. The Morgan fingerprint density at radius 2 is 1.93 bits per heavy atom.